The maximum Gasteiger partial charge on any atom is 0.266 e. The van der Waals surface area contributed by atoms with Crippen molar-refractivity contribution in [3.05, 3.63) is 5.89 Å². The molecule has 5 heteroatoms. The van der Waals surface area contributed by atoms with Gasteiger partial charge in [0.05, 0.1) is 12.0 Å². The molecule has 1 saturated carbocycles. The lowest BCUT2D eigenvalue weighted by Gasteiger charge is -2.17. The number of hydrogen-bond acceptors (Lipinski definition) is 5. The van der Waals surface area contributed by atoms with Crippen LogP contribution in [0.2, 0.25) is 0 Å². The molecule has 0 amide bonds. The Morgan fingerprint density at radius 1 is 0.950 bits per heavy atom. The Morgan fingerprint density at radius 3 is 2.45 bits per heavy atom. The smallest absolute Gasteiger partial charge is 0.266 e. The first kappa shape index (κ1) is 13.9. The average molecular weight is 279 g/mol. The second kappa shape index (κ2) is 6.57. The summed E-state index contributed by atoms with van der Waals surface area (Å²) in [5, 5.41) is 14.4. The van der Waals surface area contributed by atoms with Gasteiger partial charge in [0, 0.05) is 13.1 Å². The average Bonchev–Trinajstić information content (AvgIpc) is 2.66. The van der Waals surface area contributed by atoms with Crippen LogP contribution in [0.4, 0.5) is 5.95 Å². The van der Waals surface area contributed by atoms with Gasteiger partial charge in [-0.25, -0.2) is 0 Å². The van der Waals surface area contributed by atoms with Gasteiger partial charge in [0.1, 0.15) is 0 Å². The first-order valence-corrected chi connectivity index (χ1v) is 8.11. The third kappa shape index (κ3) is 3.14. The molecule has 2 unspecified atom stereocenters. The number of hydrogen-bond donors (Lipinski definition) is 1. The van der Waals surface area contributed by atoms with Crippen LogP contribution in [0.1, 0.15) is 69.6 Å². The maximum atomic E-state index is 10.2. The predicted molar refractivity (Wildman–Crippen MR) is 76.8 cm³/mol. The van der Waals surface area contributed by atoms with Crippen molar-refractivity contribution in [3.8, 4) is 0 Å². The molecule has 1 aromatic rings. The molecule has 0 spiro atoms. The van der Waals surface area contributed by atoms with Crippen LogP contribution in [0.25, 0.3) is 0 Å². The van der Waals surface area contributed by atoms with Crippen molar-refractivity contribution in [2.24, 2.45) is 0 Å². The second-order valence-corrected chi connectivity index (χ2v) is 6.15. The molecule has 20 heavy (non-hydrogen) atoms. The molecular formula is C15H25N3O2. The van der Waals surface area contributed by atoms with E-state index in [0.29, 0.717) is 5.89 Å². The molecule has 2 heterocycles. The van der Waals surface area contributed by atoms with Gasteiger partial charge in [0.15, 0.2) is 0 Å². The van der Waals surface area contributed by atoms with Gasteiger partial charge in [-0.3, -0.25) is 0 Å². The third-order valence-corrected chi connectivity index (χ3v) is 4.62. The highest BCUT2D eigenvalue weighted by molar-refractivity contribution is 5.28. The predicted octanol–water partition coefficient (Wildman–Crippen LogP) is 2.86. The molecule has 5 nitrogen and oxygen atoms in total. The van der Waals surface area contributed by atoms with Crippen LogP contribution in [-0.2, 0) is 0 Å². The third-order valence-electron chi connectivity index (χ3n) is 4.62. The largest absolute Gasteiger partial charge is 0.392 e. The number of anilines is 1. The number of nitrogens with zero attached hydrogens (tertiary/aromatic N) is 3. The minimum absolute atomic E-state index is 0.0331. The molecule has 0 bridgehead atoms. The van der Waals surface area contributed by atoms with E-state index >= 15 is 0 Å². The topological polar surface area (TPSA) is 62.4 Å². The Bertz CT molecular complexity index is 413. The molecular weight excluding hydrogens is 254 g/mol. The van der Waals surface area contributed by atoms with Crippen molar-refractivity contribution >= 4 is 5.95 Å². The van der Waals surface area contributed by atoms with Gasteiger partial charge in [-0.2, -0.15) is 4.98 Å². The summed E-state index contributed by atoms with van der Waals surface area (Å²) in [5.74, 6) is 1.39. The standard InChI is InChI=1S/C15H25N3O2/c19-13-9-5-3-4-8-12(13)14-16-15(17-20-14)18-10-6-1-2-7-11-18/h12-13,19H,1-11H2. The Labute approximate surface area is 120 Å². The van der Waals surface area contributed by atoms with Crippen LogP contribution in [-0.4, -0.2) is 34.4 Å². The van der Waals surface area contributed by atoms with Gasteiger partial charge < -0.3 is 14.5 Å². The molecule has 2 aliphatic rings. The van der Waals surface area contributed by atoms with Crippen LogP contribution >= 0.6 is 0 Å². The van der Waals surface area contributed by atoms with E-state index in [4.69, 9.17) is 4.52 Å². The summed E-state index contributed by atoms with van der Waals surface area (Å²) in [6.45, 7) is 2.04. The Balaban J connectivity index is 1.71. The zero-order valence-electron chi connectivity index (χ0n) is 12.1. The van der Waals surface area contributed by atoms with E-state index in [-0.39, 0.29) is 12.0 Å². The molecule has 112 valence electrons. The fourth-order valence-electron chi connectivity index (χ4n) is 3.35. The highest BCUT2D eigenvalue weighted by atomic mass is 16.5. The normalized spacial score (nSPS) is 28.9. The summed E-state index contributed by atoms with van der Waals surface area (Å²) in [6, 6.07) is 0. The van der Waals surface area contributed by atoms with E-state index in [1.807, 2.05) is 0 Å². The molecule has 0 radical (unpaired) electrons. The molecule has 2 fully saturated rings. The van der Waals surface area contributed by atoms with Gasteiger partial charge in [0.25, 0.3) is 5.95 Å². The van der Waals surface area contributed by atoms with E-state index in [2.05, 4.69) is 15.0 Å². The Morgan fingerprint density at radius 2 is 1.65 bits per heavy atom. The van der Waals surface area contributed by atoms with Crippen LogP contribution < -0.4 is 4.90 Å². The number of rotatable bonds is 2. The van der Waals surface area contributed by atoms with Crippen molar-refractivity contribution in [1.82, 2.24) is 10.1 Å². The van der Waals surface area contributed by atoms with Gasteiger partial charge in [-0.1, -0.05) is 32.1 Å². The van der Waals surface area contributed by atoms with E-state index < -0.39 is 0 Å². The van der Waals surface area contributed by atoms with Crippen molar-refractivity contribution < 1.29 is 9.63 Å². The van der Waals surface area contributed by atoms with Crippen molar-refractivity contribution in [2.75, 3.05) is 18.0 Å². The zero-order chi connectivity index (χ0) is 13.8. The van der Waals surface area contributed by atoms with E-state index in [9.17, 15) is 5.11 Å². The summed E-state index contributed by atoms with van der Waals surface area (Å²) in [4.78, 5) is 6.80. The highest BCUT2D eigenvalue weighted by Gasteiger charge is 2.29. The summed E-state index contributed by atoms with van der Waals surface area (Å²) in [5.41, 5.74) is 0. The van der Waals surface area contributed by atoms with Crippen LogP contribution in [0.15, 0.2) is 4.52 Å². The summed E-state index contributed by atoms with van der Waals surface area (Å²) in [6.07, 6.45) is 9.93. The molecule has 1 saturated heterocycles. The molecule has 2 atom stereocenters. The Kier molecular flexibility index (Phi) is 4.55. The molecule has 1 aliphatic heterocycles. The lowest BCUT2D eigenvalue weighted by atomic mass is 9.97. The summed E-state index contributed by atoms with van der Waals surface area (Å²) in [7, 11) is 0. The van der Waals surface area contributed by atoms with Crippen LogP contribution in [0.3, 0.4) is 0 Å². The number of aliphatic hydroxyl groups excluding tert-OH is 1. The molecule has 3 rings (SSSR count). The van der Waals surface area contributed by atoms with Crippen LogP contribution in [0.5, 0.6) is 0 Å². The van der Waals surface area contributed by atoms with Crippen molar-refractivity contribution in [3.63, 3.8) is 0 Å². The van der Waals surface area contributed by atoms with Crippen LogP contribution in [0, 0.1) is 0 Å². The SMILES string of the molecule is OC1CCCCCC1c1nc(N2CCCCCC2)no1. The monoisotopic (exact) mass is 279 g/mol. The molecule has 1 N–H and O–H groups in total. The first-order valence-electron chi connectivity index (χ1n) is 8.11. The minimum Gasteiger partial charge on any atom is -0.392 e. The van der Waals surface area contributed by atoms with Gasteiger partial charge in [-0.15, -0.1) is 0 Å². The fraction of sp³-hybridized carbons (Fsp3) is 0.867. The minimum atomic E-state index is -0.324. The quantitative estimate of drug-likeness (QED) is 0.843. The van der Waals surface area contributed by atoms with Gasteiger partial charge in [0.2, 0.25) is 5.89 Å². The molecule has 1 aliphatic carbocycles. The van der Waals surface area contributed by atoms with Gasteiger partial charge in [-0.05, 0) is 30.8 Å². The number of aromatic nitrogens is 2. The fourth-order valence-corrected chi connectivity index (χ4v) is 3.35. The summed E-state index contributed by atoms with van der Waals surface area (Å²) < 4.78 is 5.46. The molecule has 0 aromatic carbocycles. The lowest BCUT2D eigenvalue weighted by Crippen LogP contribution is -2.25. The van der Waals surface area contributed by atoms with E-state index in [1.54, 1.807) is 0 Å². The van der Waals surface area contributed by atoms with Crippen molar-refractivity contribution in [2.45, 2.75) is 69.8 Å². The first-order chi connectivity index (χ1) is 9.84. The Hall–Kier alpha value is -1.10. The highest BCUT2D eigenvalue weighted by Crippen LogP contribution is 2.32. The van der Waals surface area contributed by atoms with Gasteiger partial charge >= 0.3 is 0 Å². The maximum absolute atomic E-state index is 10.2. The number of aliphatic hydroxyl groups is 1. The second-order valence-electron chi connectivity index (χ2n) is 6.15. The van der Waals surface area contributed by atoms with E-state index in [1.165, 1.54) is 32.1 Å². The molecule has 1 aromatic heterocycles. The summed E-state index contributed by atoms with van der Waals surface area (Å²) >= 11 is 0. The van der Waals surface area contributed by atoms with E-state index in [0.717, 1.165) is 44.7 Å². The lowest BCUT2D eigenvalue weighted by molar-refractivity contribution is 0.119. The zero-order valence-corrected chi connectivity index (χ0v) is 12.1. The van der Waals surface area contributed by atoms with Crippen molar-refractivity contribution in [1.29, 1.82) is 0 Å².